The van der Waals surface area contributed by atoms with E-state index in [2.05, 4.69) is 15.3 Å². The largest absolute Gasteiger partial charge is 0.347 e. The van der Waals surface area contributed by atoms with Crippen LogP contribution in [0, 0.1) is 0 Å². The first-order chi connectivity index (χ1) is 13.1. The van der Waals surface area contributed by atoms with Gasteiger partial charge >= 0.3 is 0 Å². The van der Waals surface area contributed by atoms with Crippen molar-refractivity contribution in [1.29, 1.82) is 0 Å². The van der Waals surface area contributed by atoms with E-state index in [4.69, 9.17) is 0 Å². The van der Waals surface area contributed by atoms with Gasteiger partial charge in [0, 0.05) is 31.3 Å². The molecule has 0 spiro atoms. The molecule has 3 aromatic rings. The van der Waals surface area contributed by atoms with Crippen LogP contribution in [0.2, 0.25) is 0 Å². The van der Waals surface area contributed by atoms with Crippen LogP contribution in [0.25, 0.3) is 11.0 Å². The quantitative estimate of drug-likeness (QED) is 0.667. The van der Waals surface area contributed by atoms with Gasteiger partial charge in [0.2, 0.25) is 5.91 Å². The van der Waals surface area contributed by atoms with Crippen LogP contribution in [0.5, 0.6) is 0 Å². The van der Waals surface area contributed by atoms with Crippen molar-refractivity contribution in [3.05, 3.63) is 59.7 Å². The number of fused-ring (bicyclic) bond motifs is 1. The van der Waals surface area contributed by atoms with Crippen molar-refractivity contribution >= 4 is 34.6 Å². The van der Waals surface area contributed by atoms with Crippen molar-refractivity contribution in [3.8, 4) is 0 Å². The predicted molar refractivity (Wildman–Crippen MR) is 106 cm³/mol. The smallest absolute Gasteiger partial charge is 0.251 e. The van der Waals surface area contributed by atoms with Gasteiger partial charge in [-0.2, -0.15) is 0 Å². The summed E-state index contributed by atoms with van der Waals surface area (Å²) in [5, 5.41) is 3.81. The van der Waals surface area contributed by atoms with Gasteiger partial charge in [0.15, 0.2) is 5.16 Å². The normalized spacial score (nSPS) is 16.9. The Kier molecular flexibility index (Phi) is 4.85. The van der Waals surface area contributed by atoms with Gasteiger partial charge < -0.3 is 15.2 Å². The predicted octanol–water partition coefficient (Wildman–Crippen LogP) is 2.82. The number of amides is 2. The molecule has 1 aliphatic rings. The third-order valence-electron chi connectivity index (χ3n) is 4.67. The molecule has 2 aromatic carbocycles. The lowest BCUT2D eigenvalue weighted by atomic mass is 10.1. The summed E-state index contributed by atoms with van der Waals surface area (Å²) in [5.41, 5.74) is 3.52. The number of nitrogens with one attached hydrogen (secondary N) is 2. The number of carbonyl (C=O) groups is 2. The zero-order chi connectivity index (χ0) is 18.8. The highest BCUT2D eigenvalue weighted by Gasteiger charge is 2.28. The van der Waals surface area contributed by atoms with Crippen molar-refractivity contribution in [2.75, 3.05) is 13.6 Å². The molecule has 1 atom stereocenters. The molecule has 4 rings (SSSR count). The van der Waals surface area contributed by atoms with Crippen LogP contribution in [-0.2, 0) is 10.5 Å². The Labute approximate surface area is 161 Å². The Bertz CT molecular complexity index is 967. The molecule has 2 heterocycles. The minimum atomic E-state index is -0.135. The standard InChI is InChI=1S/C20H20N4O2S/c1-24-11-14(10-18(24)25)21-19(26)15-7-3-2-6-13(15)12-27-20-22-16-8-4-5-9-17(16)23-20/h2-9,14H,10-12H2,1H3,(H,21,26)(H,22,23). The number of benzene rings is 2. The first-order valence-electron chi connectivity index (χ1n) is 8.80. The van der Waals surface area contributed by atoms with Gasteiger partial charge in [0.1, 0.15) is 0 Å². The average Bonchev–Trinajstić information content (AvgIpc) is 3.22. The number of aromatic nitrogens is 2. The Hall–Kier alpha value is -2.80. The van der Waals surface area contributed by atoms with E-state index in [1.807, 2.05) is 48.5 Å². The number of rotatable bonds is 5. The van der Waals surface area contributed by atoms with Gasteiger partial charge in [-0.25, -0.2) is 4.98 Å². The number of para-hydroxylation sites is 2. The van der Waals surface area contributed by atoms with E-state index in [9.17, 15) is 9.59 Å². The number of H-pyrrole nitrogens is 1. The molecule has 1 aromatic heterocycles. The number of thioether (sulfide) groups is 1. The van der Waals surface area contributed by atoms with Gasteiger partial charge in [-0.3, -0.25) is 9.59 Å². The molecule has 0 saturated carbocycles. The highest BCUT2D eigenvalue weighted by Crippen LogP contribution is 2.24. The second kappa shape index (κ2) is 7.44. The van der Waals surface area contributed by atoms with Crippen molar-refractivity contribution in [3.63, 3.8) is 0 Å². The van der Waals surface area contributed by atoms with Crippen molar-refractivity contribution in [2.45, 2.75) is 23.4 Å². The fourth-order valence-corrected chi connectivity index (χ4v) is 4.12. The number of imidazole rings is 1. The molecule has 1 fully saturated rings. The van der Waals surface area contributed by atoms with Crippen molar-refractivity contribution in [1.82, 2.24) is 20.2 Å². The first-order valence-corrected chi connectivity index (χ1v) is 9.79. The third kappa shape index (κ3) is 3.83. The minimum absolute atomic E-state index is 0.0639. The Morgan fingerprint density at radius 2 is 2.04 bits per heavy atom. The van der Waals surface area contributed by atoms with Crippen LogP contribution in [-0.4, -0.2) is 46.3 Å². The second-order valence-corrected chi connectivity index (χ2v) is 7.62. The number of aromatic amines is 1. The molecule has 0 bridgehead atoms. The molecule has 27 heavy (non-hydrogen) atoms. The van der Waals surface area contributed by atoms with Gasteiger partial charge in [-0.15, -0.1) is 0 Å². The van der Waals surface area contributed by atoms with E-state index in [1.165, 1.54) is 0 Å². The van der Waals surface area contributed by atoms with Crippen molar-refractivity contribution < 1.29 is 9.59 Å². The van der Waals surface area contributed by atoms with E-state index in [1.54, 1.807) is 23.7 Å². The summed E-state index contributed by atoms with van der Waals surface area (Å²) in [6, 6.07) is 15.3. The maximum atomic E-state index is 12.7. The van der Waals surface area contributed by atoms with Crippen LogP contribution in [0.1, 0.15) is 22.3 Å². The zero-order valence-electron chi connectivity index (χ0n) is 14.9. The highest BCUT2D eigenvalue weighted by atomic mass is 32.2. The fraction of sp³-hybridized carbons (Fsp3) is 0.250. The van der Waals surface area contributed by atoms with E-state index in [0.717, 1.165) is 21.8 Å². The molecule has 2 N–H and O–H groups in total. The molecule has 1 unspecified atom stereocenters. The Morgan fingerprint density at radius 3 is 2.81 bits per heavy atom. The Morgan fingerprint density at radius 1 is 1.26 bits per heavy atom. The first kappa shape index (κ1) is 17.6. The summed E-state index contributed by atoms with van der Waals surface area (Å²) in [7, 11) is 1.76. The molecule has 6 nitrogen and oxygen atoms in total. The van der Waals surface area contributed by atoms with E-state index >= 15 is 0 Å². The molecular weight excluding hydrogens is 360 g/mol. The molecular formula is C20H20N4O2S. The molecule has 138 valence electrons. The molecule has 7 heteroatoms. The lowest BCUT2D eigenvalue weighted by molar-refractivity contribution is -0.126. The summed E-state index contributed by atoms with van der Waals surface area (Å²) < 4.78 is 0. The maximum absolute atomic E-state index is 12.7. The number of hydrogen-bond donors (Lipinski definition) is 2. The summed E-state index contributed by atoms with van der Waals surface area (Å²) in [6.45, 7) is 0.556. The number of likely N-dealkylation sites (N-methyl/N-ethyl adjacent to an activating group) is 1. The lowest BCUT2D eigenvalue weighted by Crippen LogP contribution is -2.36. The molecule has 0 aliphatic carbocycles. The molecule has 1 aliphatic heterocycles. The molecule has 0 radical (unpaired) electrons. The van der Waals surface area contributed by atoms with E-state index in [0.29, 0.717) is 24.3 Å². The van der Waals surface area contributed by atoms with Crippen LogP contribution >= 0.6 is 11.8 Å². The average molecular weight is 380 g/mol. The van der Waals surface area contributed by atoms with E-state index in [-0.39, 0.29) is 17.9 Å². The van der Waals surface area contributed by atoms with Crippen LogP contribution < -0.4 is 5.32 Å². The number of likely N-dealkylation sites (tertiary alicyclic amines) is 1. The summed E-state index contributed by atoms with van der Waals surface area (Å²) in [6.07, 6.45) is 0.359. The van der Waals surface area contributed by atoms with Gasteiger partial charge in [0.25, 0.3) is 5.91 Å². The maximum Gasteiger partial charge on any atom is 0.251 e. The van der Waals surface area contributed by atoms with Crippen LogP contribution in [0.3, 0.4) is 0 Å². The monoisotopic (exact) mass is 380 g/mol. The third-order valence-corrected chi connectivity index (χ3v) is 5.59. The Balaban J connectivity index is 1.45. The van der Waals surface area contributed by atoms with Crippen molar-refractivity contribution in [2.24, 2.45) is 0 Å². The summed E-state index contributed by atoms with van der Waals surface area (Å²) in [5.74, 6) is 0.561. The number of hydrogen-bond acceptors (Lipinski definition) is 4. The minimum Gasteiger partial charge on any atom is -0.347 e. The van der Waals surface area contributed by atoms with Gasteiger partial charge in [0.05, 0.1) is 17.1 Å². The number of carbonyl (C=O) groups excluding carboxylic acids is 2. The molecule has 2 amide bonds. The fourth-order valence-electron chi connectivity index (χ4n) is 3.23. The SMILES string of the molecule is CN1CC(NC(=O)c2ccccc2CSc2nc3ccccc3[nH]2)CC1=O. The zero-order valence-corrected chi connectivity index (χ0v) is 15.8. The highest BCUT2D eigenvalue weighted by molar-refractivity contribution is 7.98. The second-order valence-electron chi connectivity index (χ2n) is 6.65. The van der Waals surface area contributed by atoms with Gasteiger partial charge in [-0.05, 0) is 23.8 Å². The topological polar surface area (TPSA) is 78.1 Å². The number of nitrogens with zero attached hydrogens (tertiary/aromatic N) is 2. The van der Waals surface area contributed by atoms with Gasteiger partial charge in [-0.1, -0.05) is 42.1 Å². The lowest BCUT2D eigenvalue weighted by Gasteiger charge is -2.14. The van der Waals surface area contributed by atoms with Crippen LogP contribution in [0.4, 0.5) is 0 Å². The van der Waals surface area contributed by atoms with Crippen LogP contribution in [0.15, 0.2) is 53.7 Å². The summed E-state index contributed by atoms with van der Waals surface area (Å²) >= 11 is 1.57. The molecule has 1 saturated heterocycles. The van der Waals surface area contributed by atoms with E-state index < -0.39 is 0 Å². The summed E-state index contributed by atoms with van der Waals surface area (Å²) in [4.78, 5) is 33.9.